The first-order valence-corrected chi connectivity index (χ1v) is 5.78. The van der Waals surface area contributed by atoms with Crippen LogP contribution in [0.15, 0.2) is 48.5 Å². The van der Waals surface area contributed by atoms with E-state index in [-0.39, 0.29) is 18.4 Å². The molecule has 0 spiro atoms. The molecular weight excluding hydrogens is 262 g/mol. The third-order valence-electron chi connectivity index (χ3n) is 2.95. The maximum absolute atomic E-state index is 6.22. The molecule has 4 heteroatoms. The van der Waals surface area contributed by atoms with E-state index in [2.05, 4.69) is 0 Å². The topological polar surface area (TPSA) is 44.5 Å². The first-order chi connectivity index (χ1) is 8.74. The van der Waals surface area contributed by atoms with Crippen molar-refractivity contribution in [2.75, 3.05) is 14.2 Å². The largest absolute Gasteiger partial charge is 0.497 e. The second-order valence-electron chi connectivity index (χ2n) is 4.02. The zero-order valence-corrected chi connectivity index (χ0v) is 11.8. The summed E-state index contributed by atoms with van der Waals surface area (Å²) in [6.45, 7) is 0. The molecule has 0 bridgehead atoms. The van der Waals surface area contributed by atoms with E-state index in [1.165, 1.54) is 0 Å². The van der Waals surface area contributed by atoms with Gasteiger partial charge in [0.1, 0.15) is 11.5 Å². The van der Waals surface area contributed by atoms with Gasteiger partial charge in [0.2, 0.25) is 0 Å². The molecule has 0 aromatic heterocycles. The summed E-state index contributed by atoms with van der Waals surface area (Å²) < 4.78 is 10.3. The SMILES string of the molecule is COc1ccc(C(N)c2ccc(OC)cc2)cc1.Cl. The molecule has 0 atom stereocenters. The average Bonchev–Trinajstić information content (AvgIpc) is 2.47. The Hall–Kier alpha value is -1.71. The summed E-state index contributed by atoms with van der Waals surface area (Å²) in [5, 5.41) is 0. The van der Waals surface area contributed by atoms with E-state index in [1.54, 1.807) is 14.2 Å². The average molecular weight is 280 g/mol. The molecule has 0 aliphatic carbocycles. The predicted octanol–water partition coefficient (Wildman–Crippen LogP) is 3.17. The van der Waals surface area contributed by atoms with Crippen LogP contribution in [0.2, 0.25) is 0 Å². The van der Waals surface area contributed by atoms with Crippen molar-refractivity contribution in [2.24, 2.45) is 5.73 Å². The van der Waals surface area contributed by atoms with E-state index in [0.717, 1.165) is 22.6 Å². The lowest BCUT2D eigenvalue weighted by Crippen LogP contribution is -2.11. The van der Waals surface area contributed by atoms with Crippen molar-refractivity contribution < 1.29 is 9.47 Å². The zero-order valence-electron chi connectivity index (χ0n) is 11.0. The van der Waals surface area contributed by atoms with Gasteiger partial charge in [-0.1, -0.05) is 24.3 Å². The van der Waals surface area contributed by atoms with E-state index >= 15 is 0 Å². The Labute approximate surface area is 119 Å². The van der Waals surface area contributed by atoms with Crippen LogP contribution in [0.25, 0.3) is 0 Å². The molecule has 2 rings (SSSR count). The lowest BCUT2D eigenvalue weighted by atomic mass is 9.99. The van der Waals surface area contributed by atoms with Gasteiger partial charge >= 0.3 is 0 Å². The van der Waals surface area contributed by atoms with E-state index < -0.39 is 0 Å². The Bertz CT molecular complexity index is 449. The lowest BCUT2D eigenvalue weighted by molar-refractivity contribution is 0.414. The van der Waals surface area contributed by atoms with E-state index in [1.807, 2.05) is 48.5 Å². The van der Waals surface area contributed by atoms with Crippen LogP contribution in [0.4, 0.5) is 0 Å². The minimum absolute atomic E-state index is 0. The highest BCUT2D eigenvalue weighted by Gasteiger charge is 2.08. The van der Waals surface area contributed by atoms with Gasteiger partial charge in [0.25, 0.3) is 0 Å². The van der Waals surface area contributed by atoms with Crippen LogP contribution in [-0.2, 0) is 0 Å². The smallest absolute Gasteiger partial charge is 0.118 e. The fraction of sp³-hybridized carbons (Fsp3) is 0.200. The van der Waals surface area contributed by atoms with Gasteiger partial charge in [-0.05, 0) is 35.4 Å². The zero-order chi connectivity index (χ0) is 13.0. The van der Waals surface area contributed by atoms with E-state index in [4.69, 9.17) is 15.2 Å². The summed E-state index contributed by atoms with van der Waals surface area (Å²) in [5.74, 6) is 1.67. The second kappa shape index (κ2) is 7.02. The number of hydrogen-bond donors (Lipinski definition) is 1. The third kappa shape index (κ3) is 3.63. The molecule has 0 unspecified atom stereocenters. The summed E-state index contributed by atoms with van der Waals surface area (Å²) in [7, 11) is 3.30. The number of ether oxygens (including phenoxy) is 2. The van der Waals surface area contributed by atoms with Gasteiger partial charge in [0, 0.05) is 0 Å². The summed E-state index contributed by atoms with van der Waals surface area (Å²) in [6, 6.07) is 15.4. The van der Waals surface area contributed by atoms with Crippen molar-refractivity contribution in [3.05, 3.63) is 59.7 Å². The van der Waals surface area contributed by atoms with Crippen molar-refractivity contribution in [2.45, 2.75) is 6.04 Å². The van der Waals surface area contributed by atoms with Crippen LogP contribution >= 0.6 is 12.4 Å². The first kappa shape index (κ1) is 15.3. The molecule has 2 aromatic rings. The molecule has 2 N–H and O–H groups in total. The summed E-state index contributed by atoms with van der Waals surface area (Å²) in [5.41, 5.74) is 8.33. The molecule has 0 fully saturated rings. The molecular formula is C15H18ClNO2. The van der Waals surface area contributed by atoms with Gasteiger partial charge in [-0.15, -0.1) is 12.4 Å². The Morgan fingerprint density at radius 1 is 0.737 bits per heavy atom. The van der Waals surface area contributed by atoms with Crippen LogP contribution in [-0.4, -0.2) is 14.2 Å². The van der Waals surface area contributed by atoms with Crippen molar-refractivity contribution in [1.29, 1.82) is 0 Å². The number of methoxy groups -OCH3 is 2. The van der Waals surface area contributed by atoms with Crippen LogP contribution in [0, 0.1) is 0 Å². The molecule has 19 heavy (non-hydrogen) atoms. The standard InChI is InChI=1S/C15H17NO2.ClH/c1-17-13-7-3-11(4-8-13)15(16)12-5-9-14(18-2)10-6-12;/h3-10,15H,16H2,1-2H3;1H. The molecule has 0 radical (unpaired) electrons. The normalized spacial score (nSPS) is 9.89. The van der Waals surface area contributed by atoms with Gasteiger partial charge in [0.05, 0.1) is 20.3 Å². The molecule has 0 aliphatic heterocycles. The number of hydrogen-bond acceptors (Lipinski definition) is 3. The number of rotatable bonds is 4. The summed E-state index contributed by atoms with van der Waals surface area (Å²) in [6.07, 6.45) is 0. The van der Waals surface area contributed by atoms with Gasteiger partial charge < -0.3 is 15.2 Å². The van der Waals surface area contributed by atoms with E-state index in [9.17, 15) is 0 Å². The first-order valence-electron chi connectivity index (χ1n) is 5.78. The number of benzene rings is 2. The Balaban J connectivity index is 0.00000180. The fourth-order valence-corrected chi connectivity index (χ4v) is 1.81. The third-order valence-corrected chi connectivity index (χ3v) is 2.95. The van der Waals surface area contributed by atoms with Crippen molar-refractivity contribution in [1.82, 2.24) is 0 Å². The Kier molecular flexibility index (Phi) is 5.67. The number of nitrogens with two attached hydrogens (primary N) is 1. The summed E-state index contributed by atoms with van der Waals surface area (Å²) >= 11 is 0. The van der Waals surface area contributed by atoms with Gasteiger partial charge in [-0.2, -0.15) is 0 Å². The minimum Gasteiger partial charge on any atom is -0.497 e. The van der Waals surface area contributed by atoms with Crippen molar-refractivity contribution in [3.63, 3.8) is 0 Å². The van der Waals surface area contributed by atoms with Crippen LogP contribution in [0.1, 0.15) is 17.2 Å². The molecule has 0 aliphatic rings. The highest BCUT2D eigenvalue weighted by Crippen LogP contribution is 2.23. The lowest BCUT2D eigenvalue weighted by Gasteiger charge is -2.13. The highest BCUT2D eigenvalue weighted by atomic mass is 35.5. The Morgan fingerprint density at radius 3 is 1.32 bits per heavy atom. The second-order valence-corrected chi connectivity index (χ2v) is 4.02. The molecule has 3 nitrogen and oxygen atoms in total. The quantitative estimate of drug-likeness (QED) is 0.935. The van der Waals surface area contributed by atoms with Gasteiger partial charge in [0.15, 0.2) is 0 Å². The maximum Gasteiger partial charge on any atom is 0.118 e. The van der Waals surface area contributed by atoms with Crippen molar-refractivity contribution >= 4 is 12.4 Å². The molecule has 0 saturated heterocycles. The molecule has 0 heterocycles. The molecule has 102 valence electrons. The Morgan fingerprint density at radius 2 is 1.05 bits per heavy atom. The van der Waals surface area contributed by atoms with Crippen LogP contribution in [0.5, 0.6) is 11.5 Å². The molecule has 2 aromatic carbocycles. The molecule has 0 amide bonds. The van der Waals surface area contributed by atoms with Crippen LogP contribution in [0.3, 0.4) is 0 Å². The van der Waals surface area contributed by atoms with Gasteiger partial charge in [-0.25, -0.2) is 0 Å². The van der Waals surface area contributed by atoms with Crippen molar-refractivity contribution in [3.8, 4) is 11.5 Å². The molecule has 0 saturated carbocycles. The summed E-state index contributed by atoms with van der Waals surface area (Å²) in [4.78, 5) is 0. The highest BCUT2D eigenvalue weighted by molar-refractivity contribution is 5.85. The van der Waals surface area contributed by atoms with Gasteiger partial charge in [-0.3, -0.25) is 0 Å². The fourth-order valence-electron chi connectivity index (χ4n) is 1.81. The maximum atomic E-state index is 6.22. The minimum atomic E-state index is -0.137. The predicted molar refractivity (Wildman–Crippen MR) is 79.3 cm³/mol. The van der Waals surface area contributed by atoms with E-state index in [0.29, 0.717) is 0 Å². The monoisotopic (exact) mass is 279 g/mol. The number of halogens is 1. The van der Waals surface area contributed by atoms with Crippen LogP contribution < -0.4 is 15.2 Å².